The molecule has 3 rings (SSSR count). The molecule has 3 N–H and O–H groups in total. The summed E-state index contributed by atoms with van der Waals surface area (Å²) >= 11 is 5.89. The van der Waals surface area contributed by atoms with E-state index in [1.165, 1.54) is 6.92 Å². The Kier molecular flexibility index (Phi) is 5.23. The third kappa shape index (κ3) is 4.21. The van der Waals surface area contributed by atoms with Crippen LogP contribution in [0.2, 0.25) is 5.02 Å². The molecule has 3 amide bonds. The Morgan fingerprint density at radius 1 is 1.19 bits per heavy atom. The molecule has 26 heavy (non-hydrogen) atoms. The van der Waals surface area contributed by atoms with Crippen molar-refractivity contribution in [2.24, 2.45) is 0 Å². The van der Waals surface area contributed by atoms with Crippen molar-refractivity contribution in [2.45, 2.75) is 25.9 Å². The van der Waals surface area contributed by atoms with Crippen LogP contribution in [0.5, 0.6) is 0 Å². The molecule has 1 atom stereocenters. The van der Waals surface area contributed by atoms with Crippen molar-refractivity contribution >= 4 is 35.0 Å². The van der Waals surface area contributed by atoms with Gasteiger partial charge in [0, 0.05) is 29.7 Å². The summed E-state index contributed by atoms with van der Waals surface area (Å²) in [4.78, 5) is 35.7. The van der Waals surface area contributed by atoms with Gasteiger partial charge >= 0.3 is 0 Å². The highest BCUT2D eigenvalue weighted by atomic mass is 35.5. The van der Waals surface area contributed by atoms with Crippen LogP contribution >= 0.6 is 11.6 Å². The third-order valence-electron chi connectivity index (χ3n) is 4.12. The van der Waals surface area contributed by atoms with E-state index in [9.17, 15) is 14.4 Å². The molecular formula is C19H18ClN3O3. The molecule has 1 unspecified atom stereocenters. The molecule has 0 aromatic heterocycles. The molecule has 0 saturated heterocycles. The highest BCUT2D eigenvalue weighted by Gasteiger charge is 2.20. The molecule has 1 heterocycles. The molecule has 1 aliphatic heterocycles. The molecular weight excluding hydrogens is 354 g/mol. The fraction of sp³-hybridized carbons (Fsp3) is 0.211. The molecule has 0 aliphatic carbocycles. The average molecular weight is 372 g/mol. The molecule has 7 heteroatoms. The highest BCUT2D eigenvalue weighted by Crippen LogP contribution is 2.23. The molecule has 6 nitrogen and oxygen atoms in total. The number of anilines is 1. The topological polar surface area (TPSA) is 87.3 Å². The number of amides is 3. The molecule has 134 valence electrons. The molecule has 0 radical (unpaired) electrons. The number of carbonyl (C=O) groups excluding carboxylic acids is 3. The Labute approximate surface area is 155 Å². The van der Waals surface area contributed by atoms with Crippen molar-refractivity contribution in [1.82, 2.24) is 10.6 Å². The fourth-order valence-corrected chi connectivity index (χ4v) is 3.01. The van der Waals surface area contributed by atoms with E-state index in [1.54, 1.807) is 36.4 Å². The fourth-order valence-electron chi connectivity index (χ4n) is 2.88. The maximum atomic E-state index is 12.4. The summed E-state index contributed by atoms with van der Waals surface area (Å²) in [5.74, 6) is -0.641. The molecule has 1 aliphatic rings. The van der Waals surface area contributed by atoms with Gasteiger partial charge in [0.1, 0.15) is 0 Å². The summed E-state index contributed by atoms with van der Waals surface area (Å²) in [6, 6.07) is 11.7. The van der Waals surface area contributed by atoms with E-state index in [2.05, 4.69) is 16.0 Å². The van der Waals surface area contributed by atoms with Gasteiger partial charge in [-0.25, -0.2) is 0 Å². The van der Waals surface area contributed by atoms with Crippen molar-refractivity contribution < 1.29 is 14.4 Å². The second-order valence-electron chi connectivity index (χ2n) is 6.11. The predicted molar refractivity (Wildman–Crippen MR) is 98.9 cm³/mol. The van der Waals surface area contributed by atoms with E-state index >= 15 is 0 Å². The lowest BCUT2D eigenvalue weighted by Gasteiger charge is -2.18. The van der Waals surface area contributed by atoms with Gasteiger partial charge < -0.3 is 16.0 Å². The number of rotatable bonds is 5. The van der Waals surface area contributed by atoms with Crippen molar-refractivity contribution in [3.63, 3.8) is 0 Å². The van der Waals surface area contributed by atoms with E-state index in [0.29, 0.717) is 22.8 Å². The molecule has 2 aromatic carbocycles. The number of hydrogen-bond acceptors (Lipinski definition) is 3. The summed E-state index contributed by atoms with van der Waals surface area (Å²) in [6.07, 6.45) is 0.0600. The van der Waals surface area contributed by atoms with Crippen LogP contribution in [0.1, 0.15) is 40.9 Å². The van der Waals surface area contributed by atoms with Crippen molar-refractivity contribution in [2.75, 3.05) is 5.32 Å². The van der Waals surface area contributed by atoms with Crippen LogP contribution in [-0.2, 0) is 16.1 Å². The zero-order chi connectivity index (χ0) is 18.7. The van der Waals surface area contributed by atoms with Crippen molar-refractivity contribution in [3.05, 3.63) is 64.2 Å². The number of nitrogens with one attached hydrogen (secondary N) is 3. The first-order valence-electron chi connectivity index (χ1n) is 8.16. The minimum atomic E-state index is -0.470. The van der Waals surface area contributed by atoms with E-state index in [0.717, 1.165) is 11.1 Å². The second kappa shape index (κ2) is 7.58. The molecule has 0 fully saturated rings. The summed E-state index contributed by atoms with van der Waals surface area (Å²) < 4.78 is 0. The van der Waals surface area contributed by atoms with Crippen LogP contribution in [-0.4, -0.2) is 17.7 Å². The van der Waals surface area contributed by atoms with E-state index in [4.69, 9.17) is 11.6 Å². The largest absolute Gasteiger partial charge is 0.349 e. The first-order chi connectivity index (χ1) is 12.4. The van der Waals surface area contributed by atoms with E-state index < -0.39 is 6.04 Å². The number of halogens is 1. The maximum absolute atomic E-state index is 12.4. The van der Waals surface area contributed by atoms with Crippen molar-refractivity contribution in [3.8, 4) is 0 Å². The zero-order valence-electron chi connectivity index (χ0n) is 14.1. The van der Waals surface area contributed by atoms with Gasteiger partial charge in [-0.3, -0.25) is 14.4 Å². The predicted octanol–water partition coefficient (Wildman–Crippen LogP) is 2.79. The molecule has 0 saturated carbocycles. The van der Waals surface area contributed by atoms with E-state index in [-0.39, 0.29) is 24.1 Å². The summed E-state index contributed by atoms with van der Waals surface area (Å²) in [5.41, 5.74) is 2.81. The Morgan fingerprint density at radius 2 is 1.92 bits per heavy atom. The van der Waals surface area contributed by atoms with Crippen molar-refractivity contribution in [1.29, 1.82) is 0 Å². The Balaban J connectivity index is 1.71. The van der Waals surface area contributed by atoms with Crippen LogP contribution in [0.4, 0.5) is 5.69 Å². The minimum Gasteiger partial charge on any atom is -0.349 e. The van der Waals surface area contributed by atoms with Crippen LogP contribution in [0, 0.1) is 0 Å². The average Bonchev–Trinajstić information content (AvgIpc) is 2.95. The Hall–Kier alpha value is -2.86. The summed E-state index contributed by atoms with van der Waals surface area (Å²) in [7, 11) is 0. The van der Waals surface area contributed by atoms with Crippen LogP contribution in [0.15, 0.2) is 42.5 Å². The first kappa shape index (κ1) is 17.9. The van der Waals surface area contributed by atoms with Gasteiger partial charge in [-0.05, 0) is 35.4 Å². The lowest BCUT2D eigenvalue weighted by Crippen LogP contribution is -2.29. The van der Waals surface area contributed by atoms with Crippen LogP contribution < -0.4 is 16.0 Å². The van der Waals surface area contributed by atoms with Gasteiger partial charge in [0.05, 0.1) is 12.5 Å². The van der Waals surface area contributed by atoms with Gasteiger partial charge in [0.2, 0.25) is 11.8 Å². The van der Waals surface area contributed by atoms with Crippen LogP contribution in [0.3, 0.4) is 0 Å². The number of fused-ring (bicyclic) bond motifs is 1. The van der Waals surface area contributed by atoms with Crippen LogP contribution in [0.25, 0.3) is 0 Å². The molecule has 0 spiro atoms. The monoisotopic (exact) mass is 371 g/mol. The summed E-state index contributed by atoms with van der Waals surface area (Å²) in [5, 5.41) is 8.87. The number of hydrogen-bond donors (Lipinski definition) is 3. The standard InChI is InChI=1S/C19H18ClN3O3/c1-11(24)22-17(12-2-5-14(20)6-3-12)9-18(25)23-15-7-4-13-10-21-19(26)16(13)8-15/h2-8,17H,9-10H2,1H3,(H,21,26)(H,22,24)(H,23,25). The van der Waals surface area contributed by atoms with Gasteiger partial charge in [-0.15, -0.1) is 0 Å². The maximum Gasteiger partial charge on any atom is 0.251 e. The first-order valence-corrected chi connectivity index (χ1v) is 8.53. The Morgan fingerprint density at radius 3 is 2.62 bits per heavy atom. The smallest absolute Gasteiger partial charge is 0.251 e. The van der Waals surface area contributed by atoms with Gasteiger partial charge in [-0.2, -0.15) is 0 Å². The van der Waals surface area contributed by atoms with Gasteiger partial charge in [-0.1, -0.05) is 29.8 Å². The highest BCUT2D eigenvalue weighted by molar-refractivity contribution is 6.30. The third-order valence-corrected chi connectivity index (χ3v) is 4.37. The van der Waals surface area contributed by atoms with Gasteiger partial charge in [0.25, 0.3) is 5.91 Å². The molecule has 0 bridgehead atoms. The normalized spacial score (nSPS) is 13.5. The van der Waals surface area contributed by atoms with E-state index in [1.807, 2.05) is 6.07 Å². The zero-order valence-corrected chi connectivity index (χ0v) is 14.9. The quantitative estimate of drug-likeness (QED) is 0.755. The SMILES string of the molecule is CC(=O)NC(CC(=O)Nc1ccc2c(c1)C(=O)NC2)c1ccc(Cl)cc1. The number of benzene rings is 2. The Bertz CT molecular complexity index is 865. The molecule has 2 aromatic rings. The second-order valence-corrected chi connectivity index (χ2v) is 6.55. The van der Waals surface area contributed by atoms with Gasteiger partial charge in [0.15, 0.2) is 0 Å². The lowest BCUT2D eigenvalue weighted by atomic mass is 10.0. The number of carbonyl (C=O) groups is 3. The minimum absolute atomic E-state index is 0.0600. The lowest BCUT2D eigenvalue weighted by molar-refractivity contribution is -0.120. The summed E-state index contributed by atoms with van der Waals surface area (Å²) in [6.45, 7) is 1.91.